The molecule has 0 unspecified atom stereocenters. The average Bonchev–Trinajstić information content (AvgIpc) is 1.64. The lowest BCUT2D eigenvalue weighted by Gasteiger charge is -2.34. The Morgan fingerprint density at radius 3 is 1.21 bits per heavy atom. The Morgan fingerprint density at radius 2 is 0.794 bits per heavy atom. The van der Waals surface area contributed by atoms with Crippen LogP contribution in [0.2, 0.25) is 0 Å². The van der Waals surface area contributed by atoms with Gasteiger partial charge in [0.05, 0.1) is 115 Å². The lowest BCUT2D eigenvalue weighted by molar-refractivity contribution is -0.147. The smallest absolute Gasteiger partial charge is 0.243 e. The number of aromatic nitrogens is 14. The summed E-state index contributed by atoms with van der Waals surface area (Å²) in [7, 11) is 4.32. The van der Waals surface area contributed by atoms with Crippen molar-refractivity contribution in [2.45, 2.75) is 118 Å². The summed E-state index contributed by atoms with van der Waals surface area (Å²) in [5.74, 6) is 0.994. The number of likely N-dealkylation sites (N-methyl/N-ethyl adjacent to an activating group) is 2. The van der Waals surface area contributed by atoms with Gasteiger partial charge in [-0.3, -0.25) is 47.7 Å². The van der Waals surface area contributed by atoms with Crippen molar-refractivity contribution in [3.05, 3.63) is 145 Å². The van der Waals surface area contributed by atoms with E-state index < -0.39 is 42.6 Å². The zero-order chi connectivity index (χ0) is 91.7. The fraction of sp³-hybridized carbons (Fsp3) is 0.447. The van der Waals surface area contributed by atoms with Gasteiger partial charge in [0.15, 0.2) is 0 Å². The van der Waals surface area contributed by atoms with Crippen molar-refractivity contribution in [3.8, 4) is 57.1 Å². The van der Waals surface area contributed by atoms with Gasteiger partial charge < -0.3 is 95.2 Å². The minimum absolute atomic E-state index is 0.0881. The summed E-state index contributed by atoms with van der Waals surface area (Å²) >= 11 is 0. The number of nitrogens with two attached hydrogens (primary N) is 1. The number of H-pyrrole nitrogens is 4. The van der Waals surface area contributed by atoms with Gasteiger partial charge in [-0.15, -0.1) is 10.2 Å². The molecule has 0 aliphatic carbocycles. The Bertz CT molecular complexity index is 5900. The molecule has 6 aromatic heterocycles. The fourth-order valence-electron chi connectivity index (χ4n) is 16.2. The first kappa shape index (κ1) is 93.5. The normalized spacial score (nSPS) is 13.2. The molecule has 12 aromatic rings. The quantitative estimate of drug-likeness (QED) is 0.0168. The molecule has 6 aromatic carbocycles. The highest BCUT2D eigenvalue weighted by atomic mass is 16.5. The van der Waals surface area contributed by atoms with Crippen LogP contribution in [-0.4, -0.2) is 310 Å². The number of piperazine rings is 2. The van der Waals surface area contributed by atoms with E-state index in [1.165, 1.54) is 35.9 Å². The van der Waals surface area contributed by atoms with Crippen LogP contribution in [0.25, 0.3) is 89.7 Å². The zero-order valence-electron chi connectivity index (χ0n) is 75.8. The van der Waals surface area contributed by atoms with E-state index in [9.17, 15) is 38.4 Å². The first-order valence-electron chi connectivity index (χ1n) is 45.7. The largest absolute Gasteiger partial charge is 0.494 e. The van der Waals surface area contributed by atoms with Crippen LogP contribution in [0.4, 0.5) is 11.4 Å². The summed E-state index contributed by atoms with van der Waals surface area (Å²) < 4.78 is 15.4. The number of imidazole rings is 4. The van der Waals surface area contributed by atoms with Gasteiger partial charge in [0, 0.05) is 164 Å². The molecule has 2 saturated heterocycles. The van der Waals surface area contributed by atoms with E-state index in [0.717, 1.165) is 130 Å². The molecule has 2 aliphatic heterocycles. The first-order valence-corrected chi connectivity index (χ1v) is 45.7. The molecule has 8 heterocycles. The summed E-state index contributed by atoms with van der Waals surface area (Å²) in [5, 5.41) is 26.0. The van der Waals surface area contributed by atoms with E-state index in [4.69, 9.17) is 35.1 Å². The number of ether oxygens (including phenoxy) is 2. The van der Waals surface area contributed by atoms with Crippen LogP contribution in [0.15, 0.2) is 134 Å². The van der Waals surface area contributed by atoms with Gasteiger partial charge in [-0.1, -0.05) is 62.4 Å². The number of amides is 8. The number of aromatic amines is 4. The third kappa shape index (κ3) is 25.9. The highest BCUT2D eigenvalue weighted by Gasteiger charge is 2.30. The number of rotatable bonds is 48. The van der Waals surface area contributed by atoms with Crippen molar-refractivity contribution in [1.82, 2.24) is 120 Å². The summed E-state index contributed by atoms with van der Waals surface area (Å²) in [6, 6.07) is 40.4. The molecule has 0 atom stereocenters. The summed E-state index contributed by atoms with van der Waals surface area (Å²) in [6.45, 7) is 16.9. The molecule has 2 aliphatic rings. The number of aryl methyl sites for hydroxylation is 2. The molecular weight excluding hydrogens is 1670 g/mol. The maximum absolute atomic E-state index is 14.2. The Hall–Kier alpha value is -13.7. The molecule has 0 radical (unpaired) electrons. The average molecular weight is 1790 g/mol. The Balaban J connectivity index is 0.460. The predicted molar refractivity (Wildman–Crippen MR) is 501 cm³/mol. The molecule has 131 heavy (non-hydrogen) atoms. The maximum Gasteiger partial charge on any atom is 0.243 e. The molecule has 14 rings (SSSR count). The third-order valence-electron chi connectivity index (χ3n) is 23.3. The van der Waals surface area contributed by atoms with Crippen LogP contribution in [0.1, 0.15) is 103 Å². The SMILES string of the molecule is CCCN(CC(=O)N(CCC)CC(=O)N(CCC)CC(=O)N(CCC)CC(=O)N(CC(N)=O)Cc1cn(CCCNC(=O)CCCOc2cccc(-c3nc4ccc(-c5nc6ccc(N7CCN(C)CC7)cc6[nH]5)cc4[nH]3)c2)nn1)C(=O)CNCc1cn(CCCNC(=O)CCCOc2cccc(-c3nc4ccc(-c5nc6ccc(N7CCN(C)CC7)cc6[nH]5)cc4[nH]3)c2)nn1. The lowest BCUT2D eigenvalue weighted by Crippen LogP contribution is -2.51. The number of nitrogens with zero attached hydrogens (tertiary/aromatic N) is 19. The van der Waals surface area contributed by atoms with Crippen molar-refractivity contribution < 1.29 is 47.8 Å². The van der Waals surface area contributed by atoms with Crippen molar-refractivity contribution in [2.24, 2.45) is 5.73 Å². The van der Waals surface area contributed by atoms with Gasteiger partial charge in [0.25, 0.3) is 0 Å². The minimum Gasteiger partial charge on any atom is -0.494 e. The topological polar surface area (TPSA) is 422 Å². The highest BCUT2D eigenvalue weighted by molar-refractivity contribution is 5.94. The number of anilines is 2. The van der Waals surface area contributed by atoms with Gasteiger partial charge in [-0.2, -0.15) is 0 Å². The van der Waals surface area contributed by atoms with Crippen LogP contribution in [0.5, 0.6) is 11.5 Å². The van der Waals surface area contributed by atoms with Crippen molar-refractivity contribution in [3.63, 3.8) is 0 Å². The van der Waals surface area contributed by atoms with Crippen molar-refractivity contribution in [2.75, 3.05) is 168 Å². The van der Waals surface area contributed by atoms with Crippen LogP contribution in [0, 0.1) is 0 Å². The van der Waals surface area contributed by atoms with Crippen molar-refractivity contribution >= 4 is 103 Å². The first-order chi connectivity index (χ1) is 63.7. The zero-order valence-corrected chi connectivity index (χ0v) is 75.8. The van der Waals surface area contributed by atoms with Gasteiger partial charge >= 0.3 is 0 Å². The van der Waals surface area contributed by atoms with Gasteiger partial charge in [0.1, 0.15) is 40.5 Å². The number of carbonyl (C=O) groups is 8. The predicted octanol–water partition coefficient (Wildman–Crippen LogP) is 7.84. The second kappa shape index (κ2) is 45.5. The molecular formula is C94H121N27O10. The monoisotopic (exact) mass is 1790 g/mol. The van der Waals surface area contributed by atoms with E-state index in [-0.39, 0.29) is 96.0 Å². The molecule has 0 bridgehead atoms. The fourth-order valence-corrected chi connectivity index (χ4v) is 16.2. The van der Waals surface area contributed by atoms with E-state index in [1.54, 1.807) is 21.8 Å². The van der Waals surface area contributed by atoms with E-state index in [2.05, 4.69) is 139 Å². The van der Waals surface area contributed by atoms with Crippen LogP contribution in [0.3, 0.4) is 0 Å². The molecule has 9 N–H and O–H groups in total. The van der Waals surface area contributed by atoms with Gasteiger partial charge in [-0.25, -0.2) is 19.9 Å². The Labute approximate surface area is 760 Å². The number of fused-ring (bicyclic) bond motifs is 4. The van der Waals surface area contributed by atoms with E-state index in [0.29, 0.717) is 125 Å². The Kier molecular flexibility index (Phi) is 32.5. The van der Waals surface area contributed by atoms with E-state index in [1.807, 2.05) is 100 Å². The summed E-state index contributed by atoms with van der Waals surface area (Å²) in [5.41, 5.74) is 19.9. The Morgan fingerprint density at radius 1 is 0.420 bits per heavy atom. The maximum atomic E-state index is 14.2. The molecule has 0 spiro atoms. The van der Waals surface area contributed by atoms with Crippen LogP contribution in [-0.2, 0) is 64.5 Å². The number of benzene rings is 6. The molecule has 2 fully saturated rings. The van der Waals surface area contributed by atoms with Gasteiger partial charge in [0.2, 0.25) is 47.3 Å². The number of hydrogen-bond acceptors (Lipinski definition) is 23. The second-order valence-corrected chi connectivity index (χ2v) is 33.7. The molecule has 37 heteroatoms. The van der Waals surface area contributed by atoms with Crippen LogP contribution >= 0.6 is 0 Å². The molecule has 8 amide bonds. The standard InChI is InChI=1S/C94H121N27O10/c1-7-33-115(86(125)56-96-55-69-58-120(109-107-69)37-15-31-97-84(123)21-13-47-130-73-19-11-17-65(49-73)91-99-75-27-23-67(51-79(75)103-91)93-101-77-29-25-71(53-81(77)105-93)113-43-39-111(5)40-44-113)61-87(126)116(34-8-2)62-88(127)117(35-9-3)63-89(128)118(36-10-4)64-90(129)119(60-83(95)122)57-70-59-121(110-108-70)38-16-32-98-85(124)22-14-48-131-74-20-12-18-66(50-74)92-100-76-28-24-68(52-80(76)104-92)94-102-78-30-26-72(54-82(78)106-94)114-45-41-112(6)42-46-114/h11-12,17-20,23-30,49-54,58-59,96H,7-10,13-16,21-22,31-48,55-57,60-64H2,1-6H3,(H2,95,122)(H,97,123)(H,98,124)(H,99,103)(H,100,104)(H,101,105)(H,102,106). The summed E-state index contributed by atoms with van der Waals surface area (Å²) in [4.78, 5) is 158. The number of primary amides is 1. The number of nitrogens with one attached hydrogen (secondary N) is 7. The van der Waals surface area contributed by atoms with Gasteiger partial charge in [-0.05, 0) is 163 Å². The molecule has 37 nitrogen and oxygen atoms in total. The second-order valence-electron chi connectivity index (χ2n) is 33.7. The lowest BCUT2D eigenvalue weighted by atomic mass is 10.2. The van der Waals surface area contributed by atoms with E-state index >= 15 is 0 Å². The third-order valence-corrected chi connectivity index (χ3v) is 23.3. The molecule has 0 saturated carbocycles. The summed E-state index contributed by atoms with van der Waals surface area (Å²) in [6.07, 6.45) is 8.12. The van der Waals surface area contributed by atoms with Crippen LogP contribution < -0.4 is 41.0 Å². The number of hydrogen-bond donors (Lipinski definition) is 8. The van der Waals surface area contributed by atoms with Crippen molar-refractivity contribution in [1.29, 1.82) is 0 Å². The minimum atomic E-state index is -0.779. The number of carbonyl (C=O) groups excluding carboxylic acids is 8. The highest BCUT2D eigenvalue weighted by Crippen LogP contribution is 2.33. The molecule has 692 valence electrons.